The van der Waals surface area contributed by atoms with Crippen molar-refractivity contribution in [3.05, 3.63) is 39.4 Å². The number of rotatable bonds is 6. The molecule has 1 aromatic carbocycles. The van der Waals surface area contributed by atoms with Gasteiger partial charge in [0.15, 0.2) is 0 Å². The first-order chi connectivity index (χ1) is 7.65. The van der Waals surface area contributed by atoms with Crippen molar-refractivity contribution in [2.24, 2.45) is 0 Å². The predicted molar refractivity (Wildman–Crippen MR) is 67.9 cm³/mol. The number of nitrogens with one attached hydrogen (secondary N) is 1. The van der Waals surface area contributed by atoms with Crippen LogP contribution in [0.15, 0.2) is 18.2 Å². The molecule has 1 aromatic rings. The monoisotopic (exact) mass is 240 g/mol. The van der Waals surface area contributed by atoms with Crippen LogP contribution in [0.4, 0.5) is 5.69 Å². The summed E-state index contributed by atoms with van der Waals surface area (Å²) < 4.78 is 0. The summed E-state index contributed by atoms with van der Waals surface area (Å²) in [7, 11) is 0. The van der Waals surface area contributed by atoms with Crippen molar-refractivity contribution in [3.8, 4) is 0 Å². The first kappa shape index (κ1) is 13.0. The van der Waals surface area contributed by atoms with Crippen LogP contribution in [0.1, 0.15) is 11.1 Å². The van der Waals surface area contributed by atoms with Gasteiger partial charge in [0.1, 0.15) is 0 Å². The molecule has 88 valence electrons. The van der Waals surface area contributed by atoms with Crippen molar-refractivity contribution in [1.82, 2.24) is 5.32 Å². The molecule has 0 aliphatic heterocycles. The Bertz CT molecular complexity index is 369. The van der Waals surface area contributed by atoms with E-state index in [4.69, 9.17) is 0 Å². The molecule has 0 amide bonds. The lowest BCUT2D eigenvalue weighted by Crippen LogP contribution is -2.16. The van der Waals surface area contributed by atoms with Gasteiger partial charge in [-0.25, -0.2) is 0 Å². The van der Waals surface area contributed by atoms with Gasteiger partial charge in [0, 0.05) is 30.5 Å². The summed E-state index contributed by atoms with van der Waals surface area (Å²) in [5.41, 5.74) is 1.86. The molecule has 0 atom stereocenters. The van der Waals surface area contributed by atoms with Crippen LogP contribution in [0.3, 0.4) is 0 Å². The molecule has 0 saturated heterocycles. The van der Waals surface area contributed by atoms with E-state index < -0.39 is 0 Å². The predicted octanol–water partition coefficient (Wildman–Crippen LogP) is 2.36. The van der Waals surface area contributed by atoms with E-state index in [-0.39, 0.29) is 10.6 Å². The van der Waals surface area contributed by atoms with Gasteiger partial charge in [-0.15, -0.1) is 0 Å². The minimum absolute atomic E-state index is 0.198. The summed E-state index contributed by atoms with van der Waals surface area (Å²) in [6.07, 6.45) is 2.05. The minimum Gasteiger partial charge on any atom is -0.312 e. The first-order valence-corrected chi connectivity index (χ1v) is 6.48. The van der Waals surface area contributed by atoms with Crippen LogP contribution < -0.4 is 5.32 Å². The summed E-state index contributed by atoms with van der Waals surface area (Å²) in [5, 5.41) is 14.0. The van der Waals surface area contributed by atoms with E-state index in [0.717, 1.165) is 17.9 Å². The number of nitrogens with zero attached hydrogens (tertiary/aromatic N) is 1. The molecule has 0 spiro atoms. The fourth-order valence-electron chi connectivity index (χ4n) is 1.37. The molecule has 5 heteroatoms. The number of aryl methyl sites for hydroxylation is 1. The second-order valence-corrected chi connectivity index (χ2v) is 4.53. The maximum Gasteiger partial charge on any atom is 0.272 e. The Morgan fingerprint density at radius 1 is 1.50 bits per heavy atom. The van der Waals surface area contributed by atoms with Crippen molar-refractivity contribution in [2.45, 2.75) is 13.5 Å². The number of thioether (sulfide) groups is 1. The highest BCUT2D eigenvalue weighted by atomic mass is 32.2. The standard InChI is InChI=1S/C11H16N2O2S/c1-9-3-4-10(7-11(9)13(14)15)8-12-5-6-16-2/h3-4,7,12H,5-6,8H2,1-2H3. The van der Waals surface area contributed by atoms with Crippen molar-refractivity contribution in [2.75, 3.05) is 18.6 Å². The van der Waals surface area contributed by atoms with Gasteiger partial charge in [0.05, 0.1) is 4.92 Å². The van der Waals surface area contributed by atoms with Crippen LogP contribution in [0.2, 0.25) is 0 Å². The normalized spacial score (nSPS) is 10.4. The van der Waals surface area contributed by atoms with Crippen LogP contribution in [0.5, 0.6) is 0 Å². The van der Waals surface area contributed by atoms with Gasteiger partial charge < -0.3 is 5.32 Å². The zero-order valence-corrected chi connectivity index (χ0v) is 10.3. The van der Waals surface area contributed by atoms with Gasteiger partial charge in [-0.1, -0.05) is 12.1 Å². The Hall–Kier alpha value is -1.07. The number of benzene rings is 1. The molecule has 0 unspecified atom stereocenters. The fourth-order valence-corrected chi connectivity index (χ4v) is 1.72. The zero-order chi connectivity index (χ0) is 12.0. The number of nitro benzene ring substituents is 1. The lowest BCUT2D eigenvalue weighted by atomic mass is 10.1. The van der Waals surface area contributed by atoms with Gasteiger partial charge in [-0.2, -0.15) is 11.8 Å². The van der Waals surface area contributed by atoms with Crippen molar-refractivity contribution in [3.63, 3.8) is 0 Å². The topological polar surface area (TPSA) is 55.2 Å². The molecule has 0 aliphatic rings. The third kappa shape index (κ3) is 3.83. The van der Waals surface area contributed by atoms with E-state index in [2.05, 4.69) is 11.6 Å². The Balaban J connectivity index is 2.61. The van der Waals surface area contributed by atoms with Gasteiger partial charge >= 0.3 is 0 Å². The Morgan fingerprint density at radius 2 is 2.25 bits per heavy atom. The maximum absolute atomic E-state index is 10.7. The average Bonchev–Trinajstić information content (AvgIpc) is 2.26. The maximum atomic E-state index is 10.7. The van der Waals surface area contributed by atoms with Crippen molar-refractivity contribution >= 4 is 17.4 Å². The van der Waals surface area contributed by atoms with E-state index in [1.54, 1.807) is 30.8 Å². The molecule has 0 radical (unpaired) electrons. The van der Waals surface area contributed by atoms with E-state index in [9.17, 15) is 10.1 Å². The summed E-state index contributed by atoms with van der Waals surface area (Å²) in [6.45, 7) is 3.35. The van der Waals surface area contributed by atoms with Crippen molar-refractivity contribution in [1.29, 1.82) is 0 Å². The van der Waals surface area contributed by atoms with Crippen LogP contribution in [0.25, 0.3) is 0 Å². The van der Waals surface area contributed by atoms with Crippen LogP contribution in [0, 0.1) is 17.0 Å². The molecule has 0 saturated carbocycles. The first-order valence-electron chi connectivity index (χ1n) is 5.08. The molecule has 0 aliphatic carbocycles. The Labute approximate surface area is 99.6 Å². The molecule has 0 heterocycles. The van der Waals surface area contributed by atoms with Gasteiger partial charge in [0.2, 0.25) is 0 Å². The minimum atomic E-state index is -0.333. The lowest BCUT2D eigenvalue weighted by Gasteiger charge is -2.04. The highest BCUT2D eigenvalue weighted by Gasteiger charge is 2.10. The van der Waals surface area contributed by atoms with E-state index >= 15 is 0 Å². The largest absolute Gasteiger partial charge is 0.312 e. The highest BCUT2D eigenvalue weighted by Crippen LogP contribution is 2.18. The lowest BCUT2D eigenvalue weighted by molar-refractivity contribution is -0.385. The van der Waals surface area contributed by atoms with Gasteiger partial charge in [0.25, 0.3) is 5.69 Å². The summed E-state index contributed by atoms with van der Waals surface area (Å²) in [4.78, 5) is 10.4. The summed E-state index contributed by atoms with van der Waals surface area (Å²) in [5.74, 6) is 1.05. The van der Waals surface area contributed by atoms with Gasteiger partial charge in [-0.05, 0) is 18.7 Å². The van der Waals surface area contributed by atoms with Crippen LogP contribution in [-0.2, 0) is 6.54 Å². The second kappa shape index (κ2) is 6.50. The quantitative estimate of drug-likeness (QED) is 0.471. The SMILES string of the molecule is CSCCNCc1ccc(C)c([N+](=O)[O-])c1. The Morgan fingerprint density at radius 3 is 2.88 bits per heavy atom. The molecule has 1 N–H and O–H groups in total. The highest BCUT2D eigenvalue weighted by molar-refractivity contribution is 7.98. The summed E-state index contributed by atoms with van der Waals surface area (Å²) in [6, 6.07) is 5.36. The molecule has 0 aromatic heterocycles. The van der Waals surface area contributed by atoms with Crippen molar-refractivity contribution < 1.29 is 4.92 Å². The van der Waals surface area contributed by atoms with E-state index in [1.807, 2.05) is 6.07 Å². The van der Waals surface area contributed by atoms with E-state index in [1.165, 1.54) is 0 Å². The molecule has 4 nitrogen and oxygen atoms in total. The number of hydrogen-bond acceptors (Lipinski definition) is 4. The average molecular weight is 240 g/mol. The second-order valence-electron chi connectivity index (χ2n) is 3.55. The van der Waals surface area contributed by atoms with Crippen LogP contribution >= 0.6 is 11.8 Å². The number of nitro groups is 1. The molecular formula is C11H16N2O2S. The number of hydrogen-bond donors (Lipinski definition) is 1. The third-order valence-electron chi connectivity index (χ3n) is 2.28. The van der Waals surface area contributed by atoms with Gasteiger partial charge in [-0.3, -0.25) is 10.1 Å². The van der Waals surface area contributed by atoms with Crippen LogP contribution in [-0.4, -0.2) is 23.5 Å². The molecule has 16 heavy (non-hydrogen) atoms. The third-order valence-corrected chi connectivity index (χ3v) is 2.89. The van der Waals surface area contributed by atoms with E-state index in [0.29, 0.717) is 12.1 Å². The fraction of sp³-hybridized carbons (Fsp3) is 0.455. The smallest absolute Gasteiger partial charge is 0.272 e. The molecule has 1 rings (SSSR count). The Kier molecular flexibility index (Phi) is 5.28. The summed E-state index contributed by atoms with van der Waals surface area (Å²) >= 11 is 1.78. The zero-order valence-electron chi connectivity index (χ0n) is 9.53. The molecule has 0 bridgehead atoms. The molecule has 0 fully saturated rings. The molecular weight excluding hydrogens is 224 g/mol.